The first-order chi connectivity index (χ1) is 7.72. The molecule has 0 N–H and O–H groups in total. The first kappa shape index (κ1) is 10.7. The number of hydrogen-bond acceptors (Lipinski definition) is 4. The zero-order valence-electron chi connectivity index (χ0n) is 9.60. The van der Waals surface area contributed by atoms with E-state index in [1.165, 1.54) is 6.33 Å². The van der Waals surface area contributed by atoms with Gasteiger partial charge in [-0.05, 0) is 26.0 Å². The Morgan fingerprint density at radius 3 is 2.69 bits per heavy atom. The normalized spacial score (nSPS) is 10.8. The van der Waals surface area contributed by atoms with Gasteiger partial charge in [-0.1, -0.05) is 6.07 Å². The topological polar surface area (TPSA) is 44.2 Å². The lowest BCUT2D eigenvalue weighted by Crippen LogP contribution is -2.07. The molecule has 0 saturated carbocycles. The summed E-state index contributed by atoms with van der Waals surface area (Å²) in [7, 11) is 1.62. The number of hydrogen-bond donors (Lipinski definition) is 0. The molecule has 0 aliphatic carbocycles. The van der Waals surface area contributed by atoms with Crippen molar-refractivity contribution in [2.75, 3.05) is 7.11 Å². The highest BCUT2D eigenvalue weighted by atomic mass is 16.5. The van der Waals surface area contributed by atoms with E-state index >= 15 is 0 Å². The summed E-state index contributed by atoms with van der Waals surface area (Å²) in [5.74, 6) is 1.33. The highest BCUT2D eigenvalue weighted by Gasteiger charge is 2.09. The summed E-state index contributed by atoms with van der Waals surface area (Å²) in [4.78, 5) is 8.34. The van der Waals surface area contributed by atoms with E-state index < -0.39 is 0 Å². The lowest BCUT2D eigenvalue weighted by atomic mass is 10.2. The average molecular weight is 218 g/mol. The van der Waals surface area contributed by atoms with E-state index in [2.05, 4.69) is 9.97 Å². The van der Waals surface area contributed by atoms with Crippen LogP contribution in [0.2, 0.25) is 0 Å². The molecule has 2 rings (SSSR count). The zero-order chi connectivity index (χ0) is 11.5. The SMILES string of the molecule is COc1cccc2c(OC(C)C)ncnc12. The summed E-state index contributed by atoms with van der Waals surface area (Å²) >= 11 is 0. The molecule has 1 aromatic carbocycles. The van der Waals surface area contributed by atoms with Crippen LogP contribution in [0.25, 0.3) is 10.9 Å². The fraction of sp³-hybridized carbons (Fsp3) is 0.333. The molecule has 0 amide bonds. The van der Waals surface area contributed by atoms with Crippen molar-refractivity contribution in [3.63, 3.8) is 0 Å². The Morgan fingerprint density at radius 2 is 2.00 bits per heavy atom. The predicted octanol–water partition coefficient (Wildman–Crippen LogP) is 2.43. The van der Waals surface area contributed by atoms with Crippen molar-refractivity contribution in [2.24, 2.45) is 0 Å². The molecule has 0 fully saturated rings. The molecule has 16 heavy (non-hydrogen) atoms. The summed E-state index contributed by atoms with van der Waals surface area (Å²) in [5, 5.41) is 0.871. The number of ether oxygens (including phenoxy) is 2. The van der Waals surface area contributed by atoms with E-state index in [1.807, 2.05) is 32.0 Å². The third-order valence-electron chi connectivity index (χ3n) is 2.16. The van der Waals surface area contributed by atoms with Crippen LogP contribution in [-0.2, 0) is 0 Å². The van der Waals surface area contributed by atoms with Crippen LogP contribution in [0.4, 0.5) is 0 Å². The van der Waals surface area contributed by atoms with Gasteiger partial charge in [-0.25, -0.2) is 9.97 Å². The second-order valence-electron chi connectivity index (χ2n) is 3.70. The Morgan fingerprint density at radius 1 is 1.19 bits per heavy atom. The molecule has 0 unspecified atom stereocenters. The van der Waals surface area contributed by atoms with Crippen molar-refractivity contribution in [1.82, 2.24) is 9.97 Å². The predicted molar refractivity (Wildman–Crippen MR) is 61.9 cm³/mol. The monoisotopic (exact) mass is 218 g/mol. The highest BCUT2D eigenvalue weighted by Crippen LogP contribution is 2.28. The summed E-state index contributed by atoms with van der Waals surface area (Å²) in [5.41, 5.74) is 0.774. The molecule has 0 aliphatic rings. The number of methoxy groups -OCH3 is 1. The first-order valence-electron chi connectivity index (χ1n) is 5.16. The number of benzene rings is 1. The van der Waals surface area contributed by atoms with Gasteiger partial charge in [0.05, 0.1) is 18.6 Å². The first-order valence-corrected chi connectivity index (χ1v) is 5.16. The third-order valence-corrected chi connectivity index (χ3v) is 2.16. The second-order valence-corrected chi connectivity index (χ2v) is 3.70. The van der Waals surface area contributed by atoms with Crippen molar-refractivity contribution >= 4 is 10.9 Å². The molecule has 4 nitrogen and oxygen atoms in total. The number of nitrogens with zero attached hydrogens (tertiary/aromatic N) is 2. The lowest BCUT2D eigenvalue weighted by molar-refractivity contribution is 0.235. The van der Waals surface area contributed by atoms with Gasteiger partial charge in [0.25, 0.3) is 0 Å². The van der Waals surface area contributed by atoms with Gasteiger partial charge >= 0.3 is 0 Å². The zero-order valence-corrected chi connectivity index (χ0v) is 9.60. The summed E-state index contributed by atoms with van der Waals surface area (Å²) < 4.78 is 10.9. The molecule has 0 radical (unpaired) electrons. The fourth-order valence-electron chi connectivity index (χ4n) is 1.52. The van der Waals surface area contributed by atoms with Gasteiger partial charge in [0.2, 0.25) is 5.88 Å². The maximum absolute atomic E-state index is 5.62. The average Bonchev–Trinajstić information content (AvgIpc) is 2.28. The van der Waals surface area contributed by atoms with Crippen LogP contribution in [-0.4, -0.2) is 23.2 Å². The Balaban J connectivity index is 2.59. The van der Waals surface area contributed by atoms with Crippen LogP contribution in [0.1, 0.15) is 13.8 Å². The third kappa shape index (κ3) is 1.91. The Bertz CT molecular complexity index is 497. The highest BCUT2D eigenvalue weighted by molar-refractivity contribution is 5.88. The van der Waals surface area contributed by atoms with Crippen LogP contribution in [0, 0.1) is 0 Å². The van der Waals surface area contributed by atoms with E-state index in [4.69, 9.17) is 9.47 Å². The van der Waals surface area contributed by atoms with Gasteiger partial charge in [0.15, 0.2) is 0 Å². The molecule has 84 valence electrons. The van der Waals surface area contributed by atoms with Crippen LogP contribution >= 0.6 is 0 Å². The van der Waals surface area contributed by atoms with Gasteiger partial charge in [-0.15, -0.1) is 0 Å². The minimum absolute atomic E-state index is 0.0873. The molecule has 0 spiro atoms. The largest absolute Gasteiger partial charge is 0.494 e. The van der Waals surface area contributed by atoms with Crippen LogP contribution in [0.3, 0.4) is 0 Å². The summed E-state index contributed by atoms with van der Waals surface area (Å²) in [6.45, 7) is 3.93. The smallest absolute Gasteiger partial charge is 0.224 e. The van der Waals surface area contributed by atoms with Crippen LogP contribution < -0.4 is 9.47 Å². The van der Waals surface area contributed by atoms with Crippen molar-refractivity contribution in [2.45, 2.75) is 20.0 Å². The van der Waals surface area contributed by atoms with Crippen LogP contribution in [0.15, 0.2) is 24.5 Å². The quantitative estimate of drug-likeness (QED) is 0.793. The van der Waals surface area contributed by atoms with Gasteiger partial charge in [-0.3, -0.25) is 0 Å². The molecule has 0 aliphatic heterocycles. The van der Waals surface area contributed by atoms with Crippen molar-refractivity contribution in [1.29, 1.82) is 0 Å². The molecular weight excluding hydrogens is 204 g/mol. The minimum atomic E-state index is 0.0873. The lowest BCUT2D eigenvalue weighted by Gasteiger charge is -2.11. The van der Waals surface area contributed by atoms with Crippen LogP contribution in [0.5, 0.6) is 11.6 Å². The Hall–Kier alpha value is -1.84. The van der Waals surface area contributed by atoms with Gasteiger partial charge in [0, 0.05) is 0 Å². The molecule has 1 heterocycles. The fourth-order valence-corrected chi connectivity index (χ4v) is 1.52. The van der Waals surface area contributed by atoms with Gasteiger partial charge in [-0.2, -0.15) is 0 Å². The summed E-state index contributed by atoms with van der Waals surface area (Å²) in [6.07, 6.45) is 1.58. The van der Waals surface area contributed by atoms with E-state index in [0.29, 0.717) is 5.88 Å². The molecule has 0 bridgehead atoms. The Labute approximate surface area is 94.2 Å². The molecule has 4 heteroatoms. The molecular formula is C12H14N2O2. The maximum Gasteiger partial charge on any atom is 0.224 e. The second kappa shape index (κ2) is 4.35. The van der Waals surface area contributed by atoms with Crippen molar-refractivity contribution < 1.29 is 9.47 Å². The summed E-state index contributed by atoms with van der Waals surface area (Å²) in [6, 6.07) is 5.70. The van der Waals surface area contributed by atoms with Gasteiger partial charge < -0.3 is 9.47 Å². The maximum atomic E-state index is 5.62. The van der Waals surface area contributed by atoms with Crippen molar-refractivity contribution in [3.8, 4) is 11.6 Å². The number of rotatable bonds is 3. The van der Waals surface area contributed by atoms with E-state index in [1.54, 1.807) is 7.11 Å². The molecule has 1 aromatic heterocycles. The number of fused-ring (bicyclic) bond motifs is 1. The van der Waals surface area contributed by atoms with Gasteiger partial charge in [0.1, 0.15) is 17.6 Å². The van der Waals surface area contributed by atoms with Crippen molar-refractivity contribution in [3.05, 3.63) is 24.5 Å². The minimum Gasteiger partial charge on any atom is -0.494 e. The van der Waals surface area contributed by atoms with E-state index in [-0.39, 0.29) is 6.10 Å². The Kier molecular flexibility index (Phi) is 2.90. The molecule has 0 saturated heterocycles. The molecule has 2 aromatic rings. The standard InChI is InChI=1S/C12H14N2O2/c1-8(2)16-12-9-5-4-6-10(15-3)11(9)13-7-14-12/h4-8H,1-3H3. The van der Waals surface area contributed by atoms with E-state index in [0.717, 1.165) is 16.7 Å². The molecule has 0 atom stereocenters. The number of para-hydroxylation sites is 1. The number of aromatic nitrogens is 2. The van der Waals surface area contributed by atoms with E-state index in [9.17, 15) is 0 Å².